The number of nitrogens with zero attached hydrogens (tertiary/aromatic N) is 3. The zero-order valence-electron chi connectivity index (χ0n) is 14.3. The normalized spacial score (nSPS) is 13.3. The molecule has 0 radical (unpaired) electrons. The number of benzene rings is 1. The number of imidazole rings is 1. The van der Waals surface area contributed by atoms with Crippen molar-refractivity contribution in [2.45, 2.75) is 19.9 Å². The molecule has 9 heteroatoms. The molecule has 26 heavy (non-hydrogen) atoms. The van der Waals surface area contributed by atoms with E-state index in [1.54, 1.807) is 24.7 Å². The maximum atomic E-state index is 11.3. The molecule has 0 unspecified atom stereocenters. The summed E-state index contributed by atoms with van der Waals surface area (Å²) in [6.07, 6.45) is 5.15. The Balaban J connectivity index is 2.08. The van der Waals surface area contributed by atoms with Crippen LogP contribution in [0.4, 0.5) is 5.82 Å². The Bertz CT molecular complexity index is 1020. The number of aromatic nitrogens is 3. The van der Waals surface area contributed by atoms with Crippen molar-refractivity contribution in [3.05, 3.63) is 48.0 Å². The molecule has 2 aromatic heterocycles. The Morgan fingerprint density at radius 3 is 2.69 bits per heavy atom. The van der Waals surface area contributed by atoms with Crippen molar-refractivity contribution in [1.82, 2.24) is 14.5 Å². The van der Waals surface area contributed by atoms with Gasteiger partial charge in [0.15, 0.2) is 0 Å². The van der Waals surface area contributed by atoms with Crippen LogP contribution in [-0.4, -0.2) is 39.3 Å². The molecule has 7 nitrogen and oxygen atoms in total. The molecule has 2 heterocycles. The second-order valence-electron chi connectivity index (χ2n) is 6.40. The number of rotatable bonds is 6. The quantitative estimate of drug-likeness (QED) is 0.622. The van der Waals surface area contributed by atoms with Gasteiger partial charge < -0.3 is 9.88 Å². The topological polar surface area (TPSA) is 97.1 Å². The monoisotopic (exact) mass is 394 g/mol. The summed E-state index contributed by atoms with van der Waals surface area (Å²) in [5.41, 5.74) is 1.50. The van der Waals surface area contributed by atoms with Crippen LogP contribution >= 0.6 is 11.6 Å². The summed E-state index contributed by atoms with van der Waals surface area (Å²) in [6.45, 7) is 3.75. The van der Waals surface area contributed by atoms with Gasteiger partial charge in [0, 0.05) is 34.9 Å². The first-order valence-corrected chi connectivity index (χ1v) is 10.0. The van der Waals surface area contributed by atoms with E-state index in [4.69, 9.17) is 11.6 Å². The molecule has 1 atom stereocenters. The number of anilines is 1. The fraction of sp³-hybridized carbons (Fsp3) is 0.294. The van der Waals surface area contributed by atoms with Crippen molar-refractivity contribution >= 4 is 38.4 Å². The molecule has 0 aliphatic heterocycles. The van der Waals surface area contributed by atoms with E-state index in [-0.39, 0.29) is 5.92 Å². The van der Waals surface area contributed by atoms with Crippen LogP contribution in [0.25, 0.3) is 16.6 Å². The molecule has 0 saturated heterocycles. The van der Waals surface area contributed by atoms with Crippen molar-refractivity contribution < 1.29 is 13.0 Å². The molecular formula is C17H19ClN4O3S. The van der Waals surface area contributed by atoms with Crippen molar-refractivity contribution in [1.29, 1.82) is 0 Å². The second kappa shape index (κ2) is 7.22. The van der Waals surface area contributed by atoms with Crippen LogP contribution in [0.5, 0.6) is 0 Å². The lowest BCUT2D eigenvalue weighted by Crippen LogP contribution is -2.33. The second-order valence-corrected chi connectivity index (χ2v) is 8.34. The summed E-state index contributed by atoms with van der Waals surface area (Å²) in [6, 6.07) is 6.73. The minimum atomic E-state index is -4.12. The predicted octanol–water partition coefficient (Wildman–Crippen LogP) is 3.40. The summed E-state index contributed by atoms with van der Waals surface area (Å²) < 4.78 is 33.7. The molecule has 138 valence electrons. The van der Waals surface area contributed by atoms with E-state index in [9.17, 15) is 13.0 Å². The molecule has 0 fully saturated rings. The lowest BCUT2D eigenvalue weighted by Gasteiger charge is -2.22. The third-order valence-corrected chi connectivity index (χ3v) is 5.08. The third kappa shape index (κ3) is 4.32. The van der Waals surface area contributed by atoms with Crippen LogP contribution in [-0.2, 0) is 10.1 Å². The average molecular weight is 395 g/mol. The van der Waals surface area contributed by atoms with Crippen LogP contribution < -0.4 is 5.32 Å². The highest BCUT2D eigenvalue weighted by Crippen LogP contribution is 2.27. The van der Waals surface area contributed by atoms with Crippen LogP contribution in [0.15, 0.2) is 43.0 Å². The third-order valence-electron chi connectivity index (χ3n) is 4.06. The maximum absolute atomic E-state index is 11.3. The number of fused-ring (bicyclic) bond motifs is 1. The Hall–Kier alpha value is -2.16. The van der Waals surface area contributed by atoms with Gasteiger partial charge in [-0.2, -0.15) is 8.42 Å². The van der Waals surface area contributed by atoms with E-state index in [2.05, 4.69) is 15.3 Å². The van der Waals surface area contributed by atoms with E-state index < -0.39 is 21.9 Å². The van der Waals surface area contributed by atoms with E-state index in [1.165, 1.54) is 0 Å². The lowest BCUT2D eigenvalue weighted by molar-refractivity contribution is 0.465. The van der Waals surface area contributed by atoms with Gasteiger partial charge in [-0.05, 0) is 24.1 Å². The van der Waals surface area contributed by atoms with E-state index >= 15 is 0 Å². The molecule has 0 spiro atoms. The molecule has 2 N–H and O–H groups in total. The van der Waals surface area contributed by atoms with Gasteiger partial charge in [-0.25, -0.2) is 9.97 Å². The maximum Gasteiger partial charge on any atom is 0.266 e. The van der Waals surface area contributed by atoms with Crippen molar-refractivity contribution in [2.24, 2.45) is 5.92 Å². The van der Waals surface area contributed by atoms with Gasteiger partial charge in [0.25, 0.3) is 10.1 Å². The fourth-order valence-corrected chi connectivity index (χ4v) is 3.78. The molecule has 0 amide bonds. The van der Waals surface area contributed by atoms with Crippen molar-refractivity contribution in [3.8, 4) is 5.69 Å². The van der Waals surface area contributed by atoms with Gasteiger partial charge in [0.05, 0.1) is 23.3 Å². The molecule has 3 aromatic rings. The molecule has 0 aliphatic carbocycles. The Labute approximate surface area is 156 Å². The predicted molar refractivity (Wildman–Crippen MR) is 103 cm³/mol. The SMILES string of the molecule is CC(C)[C@H](CS(=O)(=O)O)Nc1cc(-n2ccnc2)c2ccc(Cl)cc2n1. The van der Waals surface area contributed by atoms with Crippen molar-refractivity contribution in [3.63, 3.8) is 0 Å². The van der Waals surface area contributed by atoms with Crippen LogP contribution in [0, 0.1) is 5.92 Å². The fourth-order valence-electron chi connectivity index (χ4n) is 2.69. The highest BCUT2D eigenvalue weighted by atomic mass is 35.5. The smallest absolute Gasteiger partial charge is 0.266 e. The van der Waals surface area contributed by atoms with Gasteiger partial charge in [-0.3, -0.25) is 4.55 Å². The highest BCUT2D eigenvalue weighted by molar-refractivity contribution is 7.85. The lowest BCUT2D eigenvalue weighted by atomic mass is 10.1. The molecule has 0 aliphatic rings. The minimum absolute atomic E-state index is 0.0366. The van der Waals surface area contributed by atoms with Crippen LogP contribution in [0.2, 0.25) is 5.02 Å². The number of pyridine rings is 1. The average Bonchev–Trinajstić information content (AvgIpc) is 3.06. The summed E-state index contributed by atoms with van der Waals surface area (Å²) in [4.78, 5) is 8.63. The summed E-state index contributed by atoms with van der Waals surface area (Å²) in [7, 11) is -4.12. The van der Waals surface area contributed by atoms with Gasteiger partial charge in [0.1, 0.15) is 5.82 Å². The van der Waals surface area contributed by atoms with Crippen LogP contribution in [0.1, 0.15) is 13.8 Å². The number of hydrogen-bond donors (Lipinski definition) is 2. The summed E-state index contributed by atoms with van der Waals surface area (Å²) >= 11 is 6.10. The van der Waals surface area contributed by atoms with Gasteiger partial charge >= 0.3 is 0 Å². The number of nitrogens with one attached hydrogen (secondary N) is 1. The first-order valence-electron chi connectivity index (χ1n) is 8.03. The van der Waals surface area contributed by atoms with Gasteiger partial charge in [-0.15, -0.1) is 0 Å². The van der Waals surface area contributed by atoms with Crippen LogP contribution in [0.3, 0.4) is 0 Å². The van der Waals surface area contributed by atoms with E-state index in [0.717, 1.165) is 11.1 Å². The number of hydrogen-bond acceptors (Lipinski definition) is 5. The molecular weight excluding hydrogens is 376 g/mol. The van der Waals surface area contributed by atoms with Crippen molar-refractivity contribution in [2.75, 3.05) is 11.1 Å². The van der Waals surface area contributed by atoms with E-state index in [0.29, 0.717) is 16.4 Å². The Morgan fingerprint density at radius 2 is 2.08 bits per heavy atom. The van der Waals surface area contributed by atoms with E-state index in [1.807, 2.05) is 36.7 Å². The zero-order valence-corrected chi connectivity index (χ0v) is 15.9. The largest absolute Gasteiger partial charge is 0.366 e. The summed E-state index contributed by atoms with van der Waals surface area (Å²) in [5, 5.41) is 4.56. The minimum Gasteiger partial charge on any atom is -0.366 e. The highest BCUT2D eigenvalue weighted by Gasteiger charge is 2.21. The first-order chi connectivity index (χ1) is 12.2. The molecule has 3 rings (SSSR count). The standard InChI is InChI=1S/C17H19ClN4O3S/c1-11(2)15(9-26(23,24)25)21-17-8-16(22-6-5-19-10-22)13-4-3-12(18)7-14(13)20-17/h3-8,10-11,15H,9H2,1-2H3,(H,20,21)(H,23,24,25)/t15-/m0/s1. The zero-order chi connectivity index (χ0) is 18.9. The Morgan fingerprint density at radius 1 is 1.31 bits per heavy atom. The molecule has 0 bridgehead atoms. The molecule has 1 aromatic carbocycles. The first kappa shape index (κ1) is 18.6. The van der Waals surface area contributed by atoms with Gasteiger partial charge in [0.2, 0.25) is 0 Å². The summed E-state index contributed by atoms with van der Waals surface area (Å²) in [5.74, 6) is 0.0525. The van der Waals surface area contributed by atoms with Gasteiger partial charge in [-0.1, -0.05) is 25.4 Å². The molecule has 0 saturated carbocycles. The Kier molecular flexibility index (Phi) is 5.17. The number of halogens is 1.